The lowest BCUT2D eigenvalue weighted by Crippen LogP contribution is -2.36. The van der Waals surface area contributed by atoms with Crippen molar-refractivity contribution in [3.63, 3.8) is 0 Å². The average molecular weight is 527 g/mol. The van der Waals surface area contributed by atoms with Crippen LogP contribution in [0.5, 0.6) is 5.75 Å². The highest BCUT2D eigenvalue weighted by molar-refractivity contribution is 14.0. The fourth-order valence-electron chi connectivity index (χ4n) is 2.72. The van der Waals surface area contributed by atoms with E-state index in [0.29, 0.717) is 31.2 Å². The molecule has 0 radical (unpaired) electrons. The van der Waals surface area contributed by atoms with E-state index in [1.165, 1.54) is 6.07 Å². The first-order chi connectivity index (χ1) is 14.2. The first-order valence-electron chi connectivity index (χ1n) is 9.29. The highest BCUT2D eigenvalue weighted by atomic mass is 127. The van der Waals surface area contributed by atoms with Gasteiger partial charge in [-0.3, -0.25) is 0 Å². The van der Waals surface area contributed by atoms with Crippen molar-refractivity contribution in [1.29, 1.82) is 0 Å². The Labute approximate surface area is 191 Å². The molecule has 0 unspecified atom stereocenters. The van der Waals surface area contributed by atoms with E-state index in [0.717, 1.165) is 11.3 Å². The van der Waals surface area contributed by atoms with E-state index in [-0.39, 0.29) is 29.7 Å². The number of halogens is 3. The van der Waals surface area contributed by atoms with Crippen LogP contribution >= 0.6 is 24.0 Å². The van der Waals surface area contributed by atoms with Crippen molar-refractivity contribution >= 4 is 29.9 Å². The standard InChI is InChI=1S/C21H23F2N5O.HI/c1-2-24-21(26-14-17-8-6-7-11-19(17)29-20(22)23)25-12-16-13-27-28(15-16)18-9-4-3-5-10-18;/h3-11,13,15,20H,2,12,14H2,1H3,(H2,24,25,26);1H. The SMILES string of the molecule is CCNC(=NCc1cnn(-c2ccccc2)c1)NCc1ccccc1OC(F)F.I. The molecule has 1 aromatic heterocycles. The Morgan fingerprint density at radius 3 is 2.57 bits per heavy atom. The zero-order chi connectivity index (χ0) is 20.5. The number of alkyl halides is 2. The van der Waals surface area contributed by atoms with E-state index >= 15 is 0 Å². The van der Waals surface area contributed by atoms with Gasteiger partial charge in [0.2, 0.25) is 0 Å². The van der Waals surface area contributed by atoms with Crippen LogP contribution in [0, 0.1) is 0 Å². The summed E-state index contributed by atoms with van der Waals surface area (Å²) in [5, 5.41) is 10.7. The number of aromatic nitrogens is 2. The van der Waals surface area contributed by atoms with Crippen LogP contribution in [0.15, 0.2) is 72.0 Å². The van der Waals surface area contributed by atoms with Gasteiger partial charge in [0, 0.05) is 30.4 Å². The lowest BCUT2D eigenvalue weighted by molar-refractivity contribution is -0.0504. The van der Waals surface area contributed by atoms with E-state index in [2.05, 4.69) is 25.5 Å². The number of hydrogen-bond acceptors (Lipinski definition) is 3. The van der Waals surface area contributed by atoms with Crippen molar-refractivity contribution in [2.45, 2.75) is 26.6 Å². The summed E-state index contributed by atoms with van der Waals surface area (Å²) in [7, 11) is 0. The maximum absolute atomic E-state index is 12.6. The normalized spacial score (nSPS) is 11.1. The van der Waals surface area contributed by atoms with Gasteiger partial charge in [-0.1, -0.05) is 36.4 Å². The van der Waals surface area contributed by atoms with Gasteiger partial charge in [-0.05, 0) is 25.1 Å². The molecule has 0 bridgehead atoms. The van der Waals surface area contributed by atoms with Crippen LogP contribution in [0.2, 0.25) is 0 Å². The molecule has 30 heavy (non-hydrogen) atoms. The third kappa shape index (κ3) is 6.97. The number of ether oxygens (including phenoxy) is 1. The maximum atomic E-state index is 12.6. The Balaban J connectivity index is 0.00000320. The van der Waals surface area contributed by atoms with Crippen molar-refractivity contribution < 1.29 is 13.5 Å². The van der Waals surface area contributed by atoms with E-state index in [1.54, 1.807) is 29.1 Å². The molecule has 2 N–H and O–H groups in total. The van der Waals surface area contributed by atoms with Crippen molar-refractivity contribution in [2.24, 2.45) is 4.99 Å². The zero-order valence-corrected chi connectivity index (χ0v) is 18.8. The molecule has 1 heterocycles. The van der Waals surface area contributed by atoms with E-state index in [1.807, 2.05) is 43.5 Å². The molecule has 0 atom stereocenters. The van der Waals surface area contributed by atoms with Gasteiger partial charge in [-0.25, -0.2) is 9.67 Å². The molecule has 2 aromatic carbocycles. The van der Waals surface area contributed by atoms with Crippen LogP contribution in [0.4, 0.5) is 8.78 Å². The quantitative estimate of drug-likeness (QED) is 0.260. The van der Waals surface area contributed by atoms with E-state index in [9.17, 15) is 8.78 Å². The minimum absolute atomic E-state index is 0. The number of nitrogens with zero attached hydrogens (tertiary/aromatic N) is 3. The van der Waals surface area contributed by atoms with Crippen molar-refractivity contribution in [2.75, 3.05) is 6.54 Å². The second-order valence-corrected chi connectivity index (χ2v) is 6.16. The number of hydrogen-bond donors (Lipinski definition) is 2. The van der Waals surface area contributed by atoms with Crippen molar-refractivity contribution in [3.05, 3.63) is 78.1 Å². The van der Waals surface area contributed by atoms with Crippen LogP contribution in [0.1, 0.15) is 18.1 Å². The Bertz CT molecular complexity index is 934. The lowest BCUT2D eigenvalue weighted by atomic mass is 10.2. The highest BCUT2D eigenvalue weighted by Crippen LogP contribution is 2.19. The van der Waals surface area contributed by atoms with Crippen molar-refractivity contribution in [1.82, 2.24) is 20.4 Å². The largest absolute Gasteiger partial charge is 0.434 e. The Kier molecular flexibility index (Phi) is 9.52. The number of nitrogens with one attached hydrogen (secondary N) is 2. The summed E-state index contributed by atoms with van der Waals surface area (Å²) in [6.45, 7) is 0.497. The topological polar surface area (TPSA) is 63.5 Å². The molecule has 0 fully saturated rings. The molecule has 0 saturated carbocycles. The van der Waals surface area contributed by atoms with Gasteiger partial charge < -0.3 is 15.4 Å². The summed E-state index contributed by atoms with van der Waals surface area (Å²) in [5.74, 6) is 0.724. The second-order valence-electron chi connectivity index (χ2n) is 6.16. The van der Waals surface area contributed by atoms with Crippen molar-refractivity contribution in [3.8, 4) is 11.4 Å². The maximum Gasteiger partial charge on any atom is 0.387 e. The molecule has 9 heteroatoms. The molecular formula is C21H24F2IN5O. The van der Waals surface area contributed by atoms with Gasteiger partial charge in [0.25, 0.3) is 0 Å². The summed E-state index contributed by atoms with van der Waals surface area (Å²) >= 11 is 0. The summed E-state index contributed by atoms with van der Waals surface area (Å²) in [5.41, 5.74) is 2.55. The molecule has 0 spiro atoms. The number of rotatable bonds is 8. The van der Waals surface area contributed by atoms with Gasteiger partial charge >= 0.3 is 6.61 Å². The minimum atomic E-state index is -2.86. The molecule has 6 nitrogen and oxygen atoms in total. The first-order valence-corrected chi connectivity index (χ1v) is 9.29. The molecule has 0 saturated heterocycles. The predicted molar refractivity (Wildman–Crippen MR) is 124 cm³/mol. The molecule has 3 rings (SSSR count). The third-order valence-corrected chi connectivity index (χ3v) is 4.06. The zero-order valence-electron chi connectivity index (χ0n) is 16.5. The van der Waals surface area contributed by atoms with E-state index < -0.39 is 6.61 Å². The average Bonchev–Trinajstić information content (AvgIpc) is 3.20. The molecule has 0 aliphatic carbocycles. The summed E-state index contributed by atoms with van der Waals surface area (Å²) < 4.78 is 31.5. The van der Waals surface area contributed by atoms with Crippen LogP contribution < -0.4 is 15.4 Å². The van der Waals surface area contributed by atoms with Gasteiger partial charge in [0.05, 0.1) is 18.4 Å². The number of benzene rings is 2. The molecular weight excluding hydrogens is 503 g/mol. The Morgan fingerprint density at radius 1 is 1.10 bits per heavy atom. The van der Waals surface area contributed by atoms with Gasteiger partial charge in [-0.15, -0.1) is 24.0 Å². The second kappa shape index (κ2) is 12.1. The van der Waals surface area contributed by atoms with Crippen LogP contribution in [-0.4, -0.2) is 28.9 Å². The minimum Gasteiger partial charge on any atom is -0.434 e. The summed E-state index contributed by atoms with van der Waals surface area (Å²) in [6.07, 6.45) is 3.69. The number of guanidine groups is 1. The third-order valence-electron chi connectivity index (χ3n) is 4.06. The van der Waals surface area contributed by atoms with Crippen LogP contribution in [-0.2, 0) is 13.1 Å². The lowest BCUT2D eigenvalue weighted by Gasteiger charge is -2.14. The molecule has 3 aromatic rings. The smallest absolute Gasteiger partial charge is 0.387 e. The molecule has 0 aliphatic rings. The van der Waals surface area contributed by atoms with E-state index in [4.69, 9.17) is 0 Å². The fraction of sp³-hybridized carbons (Fsp3) is 0.238. The Hall–Kier alpha value is -2.69. The molecule has 0 aliphatic heterocycles. The fourth-order valence-corrected chi connectivity index (χ4v) is 2.72. The number of para-hydroxylation sites is 2. The van der Waals surface area contributed by atoms with Crippen LogP contribution in [0.25, 0.3) is 5.69 Å². The molecule has 0 amide bonds. The van der Waals surface area contributed by atoms with Gasteiger partial charge in [0.1, 0.15) is 5.75 Å². The van der Waals surface area contributed by atoms with Gasteiger partial charge in [-0.2, -0.15) is 13.9 Å². The highest BCUT2D eigenvalue weighted by Gasteiger charge is 2.09. The monoisotopic (exact) mass is 527 g/mol. The van der Waals surface area contributed by atoms with Crippen LogP contribution in [0.3, 0.4) is 0 Å². The summed E-state index contributed by atoms with van der Waals surface area (Å²) in [6, 6.07) is 16.5. The van der Waals surface area contributed by atoms with Gasteiger partial charge in [0.15, 0.2) is 5.96 Å². The first kappa shape index (κ1) is 23.6. The summed E-state index contributed by atoms with van der Waals surface area (Å²) in [4.78, 5) is 4.55. The predicted octanol–water partition coefficient (Wildman–Crippen LogP) is 4.35. The Morgan fingerprint density at radius 2 is 1.83 bits per heavy atom. The molecule has 160 valence electrons. The number of aliphatic imine (C=N–C) groups is 1.